The van der Waals surface area contributed by atoms with Gasteiger partial charge in [-0.1, -0.05) is 25.4 Å². The Morgan fingerprint density at radius 2 is 2.00 bits per heavy atom. The Morgan fingerprint density at radius 3 is 2.44 bits per heavy atom. The molecule has 1 atom stereocenters. The fourth-order valence-corrected chi connectivity index (χ4v) is 1.71. The molecule has 0 amide bonds. The lowest BCUT2D eigenvalue weighted by Crippen LogP contribution is -2.21. The minimum atomic E-state index is -0.173. The Morgan fingerprint density at radius 1 is 1.38 bits per heavy atom. The highest BCUT2D eigenvalue weighted by atomic mass is 35.5. The van der Waals surface area contributed by atoms with Gasteiger partial charge in [0.1, 0.15) is 0 Å². The quantitative estimate of drug-likeness (QED) is 0.799. The zero-order chi connectivity index (χ0) is 12.3. The van der Waals surface area contributed by atoms with Crippen molar-refractivity contribution >= 4 is 34.6 Å². The van der Waals surface area contributed by atoms with Gasteiger partial charge in [-0.2, -0.15) is 0 Å². The van der Waals surface area contributed by atoms with E-state index < -0.39 is 0 Å². The molecule has 2 N–H and O–H groups in total. The van der Waals surface area contributed by atoms with E-state index >= 15 is 0 Å². The first-order valence-corrected chi connectivity index (χ1v) is 6.00. The third-order valence-corrected chi connectivity index (χ3v) is 3.13. The summed E-state index contributed by atoms with van der Waals surface area (Å²) in [5.41, 5.74) is 1.44. The largest absolute Gasteiger partial charge is 0.498 e. The molecule has 0 heterocycles. The molecule has 1 rings (SSSR count). The van der Waals surface area contributed by atoms with Gasteiger partial charge in [-0.15, -0.1) is 0 Å². The van der Waals surface area contributed by atoms with Gasteiger partial charge in [0, 0.05) is 17.3 Å². The normalized spacial score (nSPS) is 12.6. The Balaban J connectivity index is 2.85. The fraction of sp³-hybridized carbons (Fsp3) is 0.417. The Labute approximate surface area is 107 Å². The molecule has 0 saturated heterocycles. The van der Waals surface area contributed by atoms with Crippen LogP contribution in [0.15, 0.2) is 18.2 Å². The molecule has 0 fully saturated rings. The SMILES string of the molecule is CC(C)C(C)Nc1ccc(C(O)=S)c(Cl)c1. The van der Waals surface area contributed by atoms with E-state index in [2.05, 4.69) is 38.3 Å². The van der Waals surface area contributed by atoms with Crippen molar-refractivity contribution in [1.29, 1.82) is 0 Å². The number of halogens is 1. The highest BCUT2D eigenvalue weighted by Gasteiger charge is 2.09. The van der Waals surface area contributed by atoms with E-state index in [-0.39, 0.29) is 5.05 Å². The Hall–Kier alpha value is -0.800. The van der Waals surface area contributed by atoms with Crippen LogP contribution >= 0.6 is 23.8 Å². The minimum absolute atomic E-state index is 0.173. The van der Waals surface area contributed by atoms with E-state index in [0.717, 1.165) is 5.69 Å². The molecule has 0 radical (unpaired) electrons. The van der Waals surface area contributed by atoms with Crippen molar-refractivity contribution in [2.24, 2.45) is 5.92 Å². The van der Waals surface area contributed by atoms with Gasteiger partial charge in [-0.3, -0.25) is 0 Å². The highest BCUT2D eigenvalue weighted by Crippen LogP contribution is 2.22. The van der Waals surface area contributed by atoms with Crippen molar-refractivity contribution in [1.82, 2.24) is 0 Å². The van der Waals surface area contributed by atoms with Crippen LogP contribution in [0.5, 0.6) is 0 Å². The Bertz CT molecular complexity index is 393. The van der Waals surface area contributed by atoms with Gasteiger partial charge in [0.15, 0.2) is 5.05 Å². The molecular formula is C12H16ClNOS. The molecule has 88 valence electrons. The van der Waals surface area contributed by atoms with Crippen LogP contribution < -0.4 is 5.32 Å². The van der Waals surface area contributed by atoms with Gasteiger partial charge < -0.3 is 10.4 Å². The summed E-state index contributed by atoms with van der Waals surface area (Å²) in [4.78, 5) is 0. The van der Waals surface area contributed by atoms with Gasteiger partial charge in [-0.05, 0) is 43.3 Å². The number of benzene rings is 1. The monoisotopic (exact) mass is 257 g/mol. The molecule has 1 aromatic rings. The second kappa shape index (κ2) is 5.51. The van der Waals surface area contributed by atoms with Gasteiger partial charge in [-0.25, -0.2) is 0 Å². The lowest BCUT2D eigenvalue weighted by Gasteiger charge is -2.19. The zero-order valence-corrected chi connectivity index (χ0v) is 11.2. The number of hydrogen-bond acceptors (Lipinski definition) is 2. The molecule has 0 aliphatic rings. The number of nitrogens with one attached hydrogen (secondary N) is 1. The number of rotatable bonds is 4. The molecule has 0 saturated carbocycles. The van der Waals surface area contributed by atoms with E-state index in [1.807, 2.05) is 6.07 Å². The molecule has 2 nitrogen and oxygen atoms in total. The van der Waals surface area contributed by atoms with Crippen LogP contribution in [0.2, 0.25) is 5.02 Å². The predicted octanol–water partition coefficient (Wildman–Crippen LogP) is 4.03. The van der Waals surface area contributed by atoms with Gasteiger partial charge in [0.2, 0.25) is 0 Å². The molecule has 1 aromatic carbocycles. The molecule has 0 aliphatic heterocycles. The topological polar surface area (TPSA) is 32.3 Å². The average Bonchev–Trinajstić information content (AvgIpc) is 2.16. The van der Waals surface area contributed by atoms with Crippen molar-refractivity contribution in [2.45, 2.75) is 26.8 Å². The number of aliphatic hydroxyl groups is 1. The van der Waals surface area contributed by atoms with E-state index in [4.69, 9.17) is 11.6 Å². The molecule has 1 unspecified atom stereocenters. The molecule has 16 heavy (non-hydrogen) atoms. The maximum Gasteiger partial charge on any atom is 0.190 e. The first-order valence-electron chi connectivity index (χ1n) is 5.21. The van der Waals surface area contributed by atoms with E-state index in [1.165, 1.54) is 0 Å². The van der Waals surface area contributed by atoms with Crippen molar-refractivity contribution in [2.75, 3.05) is 5.32 Å². The van der Waals surface area contributed by atoms with E-state index in [0.29, 0.717) is 22.5 Å². The van der Waals surface area contributed by atoms with Crippen molar-refractivity contribution in [3.8, 4) is 0 Å². The lowest BCUT2D eigenvalue weighted by atomic mass is 10.1. The maximum absolute atomic E-state index is 9.19. The first kappa shape index (κ1) is 13.3. The maximum atomic E-state index is 9.19. The summed E-state index contributed by atoms with van der Waals surface area (Å²) in [5.74, 6) is 0.539. The minimum Gasteiger partial charge on any atom is -0.498 e. The van der Waals surface area contributed by atoms with E-state index in [9.17, 15) is 5.11 Å². The lowest BCUT2D eigenvalue weighted by molar-refractivity contribution is 0.560. The fourth-order valence-electron chi connectivity index (χ4n) is 1.21. The third kappa shape index (κ3) is 3.35. The Kier molecular flexibility index (Phi) is 4.56. The van der Waals surface area contributed by atoms with Crippen molar-refractivity contribution in [3.63, 3.8) is 0 Å². The zero-order valence-electron chi connectivity index (χ0n) is 9.62. The summed E-state index contributed by atoms with van der Waals surface area (Å²) in [5, 5.41) is 12.8. The van der Waals surface area contributed by atoms with Gasteiger partial charge in [0.05, 0.1) is 5.02 Å². The molecule has 0 aliphatic carbocycles. The predicted molar refractivity (Wildman–Crippen MR) is 73.7 cm³/mol. The molecule has 0 aromatic heterocycles. The summed E-state index contributed by atoms with van der Waals surface area (Å²) >= 11 is 10.7. The first-order chi connectivity index (χ1) is 7.41. The summed E-state index contributed by atoms with van der Waals surface area (Å²) in [6.45, 7) is 6.41. The molecule has 0 spiro atoms. The second-order valence-corrected chi connectivity index (χ2v) is 4.97. The van der Waals surface area contributed by atoms with Gasteiger partial charge >= 0.3 is 0 Å². The summed E-state index contributed by atoms with van der Waals surface area (Å²) < 4.78 is 0. The van der Waals surface area contributed by atoms with Crippen LogP contribution in [0, 0.1) is 5.92 Å². The van der Waals surface area contributed by atoms with Crippen molar-refractivity contribution < 1.29 is 5.11 Å². The van der Waals surface area contributed by atoms with Crippen LogP contribution in [0.4, 0.5) is 5.69 Å². The average molecular weight is 258 g/mol. The summed E-state index contributed by atoms with van der Waals surface area (Å²) in [6, 6.07) is 5.73. The number of aliphatic hydroxyl groups excluding tert-OH is 1. The van der Waals surface area contributed by atoms with Gasteiger partial charge in [0.25, 0.3) is 0 Å². The molecule has 4 heteroatoms. The smallest absolute Gasteiger partial charge is 0.190 e. The van der Waals surface area contributed by atoms with Crippen molar-refractivity contribution in [3.05, 3.63) is 28.8 Å². The molecular weight excluding hydrogens is 242 g/mol. The van der Waals surface area contributed by atoms with Crippen LogP contribution in [-0.4, -0.2) is 16.2 Å². The van der Waals surface area contributed by atoms with Crippen LogP contribution in [0.1, 0.15) is 26.3 Å². The standard InChI is InChI=1S/C12H16ClNOS/c1-7(2)8(3)14-9-4-5-10(12(15)16)11(13)6-9/h4-8,14H,1-3H3,(H,15,16). The summed E-state index contributed by atoms with van der Waals surface area (Å²) in [7, 11) is 0. The number of thiocarbonyl (C=S) groups is 1. The molecule has 0 bridgehead atoms. The highest BCUT2D eigenvalue weighted by molar-refractivity contribution is 7.80. The number of hydrogen-bond donors (Lipinski definition) is 2. The van der Waals surface area contributed by atoms with Crippen LogP contribution in [0.25, 0.3) is 0 Å². The third-order valence-electron chi connectivity index (χ3n) is 2.59. The summed E-state index contributed by atoms with van der Waals surface area (Å²) in [6.07, 6.45) is 0. The number of anilines is 1. The van der Waals surface area contributed by atoms with E-state index in [1.54, 1.807) is 12.1 Å². The van der Waals surface area contributed by atoms with Crippen LogP contribution in [0.3, 0.4) is 0 Å². The van der Waals surface area contributed by atoms with Crippen LogP contribution in [-0.2, 0) is 0 Å². The second-order valence-electron chi connectivity index (χ2n) is 4.18.